The van der Waals surface area contributed by atoms with Gasteiger partial charge in [-0.15, -0.1) is 16.9 Å². The molecule has 0 unspecified atom stereocenters. The molecule has 0 saturated carbocycles. The highest BCUT2D eigenvalue weighted by molar-refractivity contribution is 9.10. The quantitative estimate of drug-likeness (QED) is 0.570. The van der Waals surface area contributed by atoms with Crippen LogP contribution >= 0.6 is 27.7 Å². The number of hydrogen-bond donors (Lipinski definition) is 1. The lowest BCUT2D eigenvalue weighted by Crippen LogP contribution is -2.01. The third kappa shape index (κ3) is 3.25. The highest BCUT2D eigenvalue weighted by Crippen LogP contribution is 2.31. The maximum Gasteiger partial charge on any atom is 0.166 e. The molecule has 2 aromatic carbocycles. The fourth-order valence-electron chi connectivity index (χ4n) is 1.84. The van der Waals surface area contributed by atoms with Crippen molar-refractivity contribution in [2.45, 2.75) is 10.6 Å². The first-order chi connectivity index (χ1) is 10.2. The molecule has 106 valence electrons. The monoisotopic (exact) mass is 361 g/mol. The average Bonchev–Trinajstić information content (AvgIpc) is 2.96. The fraction of sp³-hybridized carbons (Fsp3) is 0.0714. The molecule has 0 aliphatic carbocycles. The number of nitrogens with two attached hydrogens (primary N) is 1. The molecule has 21 heavy (non-hydrogen) atoms. The van der Waals surface area contributed by atoms with Crippen LogP contribution < -0.4 is 5.73 Å². The first-order valence-electron chi connectivity index (χ1n) is 6.24. The van der Waals surface area contributed by atoms with Crippen molar-refractivity contribution in [1.82, 2.24) is 20.2 Å². The Hall–Kier alpha value is -1.86. The van der Waals surface area contributed by atoms with E-state index in [-0.39, 0.29) is 0 Å². The van der Waals surface area contributed by atoms with Gasteiger partial charge in [0.25, 0.3) is 0 Å². The van der Waals surface area contributed by atoms with Gasteiger partial charge >= 0.3 is 0 Å². The molecule has 0 radical (unpaired) electrons. The molecular formula is C14H12BrN5S. The molecule has 0 aliphatic heterocycles. The number of thioether (sulfide) groups is 1. The van der Waals surface area contributed by atoms with Crippen LogP contribution in [0.4, 0.5) is 5.69 Å². The third-order valence-corrected chi connectivity index (χ3v) is 4.84. The molecule has 3 aromatic rings. The van der Waals surface area contributed by atoms with Crippen LogP contribution in [0.5, 0.6) is 0 Å². The molecule has 0 atom stereocenters. The van der Waals surface area contributed by atoms with Gasteiger partial charge in [0.2, 0.25) is 0 Å². The van der Waals surface area contributed by atoms with Crippen molar-refractivity contribution in [2.24, 2.45) is 0 Å². The van der Waals surface area contributed by atoms with Gasteiger partial charge in [-0.3, -0.25) is 0 Å². The van der Waals surface area contributed by atoms with E-state index in [4.69, 9.17) is 5.73 Å². The van der Waals surface area contributed by atoms with Crippen LogP contribution in [0.3, 0.4) is 0 Å². The van der Waals surface area contributed by atoms with Crippen molar-refractivity contribution in [3.05, 3.63) is 58.8 Å². The molecule has 0 bridgehead atoms. The van der Waals surface area contributed by atoms with Gasteiger partial charge in [0.05, 0.1) is 11.4 Å². The number of hydrogen-bond acceptors (Lipinski definition) is 5. The predicted molar refractivity (Wildman–Crippen MR) is 87.3 cm³/mol. The van der Waals surface area contributed by atoms with Crippen molar-refractivity contribution >= 4 is 33.4 Å². The van der Waals surface area contributed by atoms with Crippen LogP contribution in [0.15, 0.2) is 57.9 Å². The van der Waals surface area contributed by atoms with Crippen LogP contribution in [0.2, 0.25) is 0 Å². The molecule has 2 N–H and O–H groups in total. The van der Waals surface area contributed by atoms with E-state index in [0.29, 0.717) is 5.75 Å². The zero-order valence-electron chi connectivity index (χ0n) is 11.0. The van der Waals surface area contributed by atoms with Crippen molar-refractivity contribution in [2.75, 3.05) is 5.73 Å². The molecular weight excluding hydrogens is 350 g/mol. The average molecular weight is 362 g/mol. The number of anilines is 1. The standard InChI is InChI=1S/C14H12BrN5S/c15-12-8-10(16)6-7-13(12)21-9-14-17-18-19-20(14)11-4-2-1-3-5-11/h1-8H,9,16H2. The first-order valence-corrected chi connectivity index (χ1v) is 8.02. The number of benzene rings is 2. The summed E-state index contributed by atoms with van der Waals surface area (Å²) in [4.78, 5) is 1.10. The Kier molecular flexibility index (Phi) is 4.21. The van der Waals surface area contributed by atoms with E-state index < -0.39 is 0 Å². The van der Waals surface area contributed by atoms with Crippen LogP contribution in [-0.4, -0.2) is 20.2 Å². The minimum atomic E-state index is 0.671. The summed E-state index contributed by atoms with van der Waals surface area (Å²) in [5.74, 6) is 1.47. The van der Waals surface area contributed by atoms with Crippen molar-refractivity contribution in [3.63, 3.8) is 0 Å². The maximum absolute atomic E-state index is 5.74. The minimum absolute atomic E-state index is 0.671. The summed E-state index contributed by atoms with van der Waals surface area (Å²) in [5, 5.41) is 11.9. The number of tetrazole rings is 1. The molecule has 0 aliphatic rings. The van der Waals surface area contributed by atoms with Crippen molar-refractivity contribution < 1.29 is 0 Å². The second-order valence-electron chi connectivity index (χ2n) is 4.32. The SMILES string of the molecule is Nc1ccc(SCc2nnnn2-c2ccccc2)c(Br)c1. The highest BCUT2D eigenvalue weighted by Gasteiger charge is 2.09. The van der Waals surface area contributed by atoms with Gasteiger partial charge in [0.1, 0.15) is 0 Å². The normalized spacial score (nSPS) is 10.7. The molecule has 0 fully saturated rings. The van der Waals surface area contributed by atoms with Crippen LogP contribution in [0.1, 0.15) is 5.82 Å². The summed E-state index contributed by atoms with van der Waals surface area (Å²) in [6.45, 7) is 0. The van der Waals surface area contributed by atoms with Crippen LogP contribution in [-0.2, 0) is 5.75 Å². The van der Waals surface area contributed by atoms with Gasteiger partial charge in [-0.2, -0.15) is 4.68 Å². The summed E-state index contributed by atoms with van der Waals surface area (Å²) >= 11 is 5.17. The van der Waals surface area contributed by atoms with Crippen LogP contribution in [0.25, 0.3) is 5.69 Å². The number of halogens is 1. The van der Waals surface area contributed by atoms with Crippen molar-refractivity contribution in [1.29, 1.82) is 0 Å². The van der Waals surface area contributed by atoms with E-state index in [2.05, 4.69) is 31.5 Å². The Morgan fingerprint density at radius 1 is 1.14 bits per heavy atom. The third-order valence-electron chi connectivity index (χ3n) is 2.85. The lowest BCUT2D eigenvalue weighted by atomic mass is 10.3. The second kappa shape index (κ2) is 6.28. The van der Waals surface area contributed by atoms with Gasteiger partial charge in [-0.25, -0.2) is 0 Å². The van der Waals surface area contributed by atoms with Gasteiger partial charge in [0.15, 0.2) is 5.82 Å². The van der Waals surface area contributed by atoms with Gasteiger partial charge < -0.3 is 5.73 Å². The zero-order valence-corrected chi connectivity index (χ0v) is 13.4. The minimum Gasteiger partial charge on any atom is -0.399 e. The molecule has 0 amide bonds. The molecule has 3 rings (SSSR count). The van der Waals surface area contributed by atoms with E-state index in [1.807, 2.05) is 48.5 Å². The lowest BCUT2D eigenvalue weighted by Gasteiger charge is -2.06. The zero-order chi connectivity index (χ0) is 14.7. The second-order valence-corrected chi connectivity index (χ2v) is 6.19. The maximum atomic E-state index is 5.74. The molecule has 0 spiro atoms. The number of nitrogens with zero attached hydrogens (tertiary/aromatic N) is 4. The molecule has 1 aromatic heterocycles. The van der Waals surface area contributed by atoms with E-state index in [0.717, 1.165) is 26.6 Å². The van der Waals surface area contributed by atoms with E-state index in [1.54, 1.807) is 16.4 Å². The summed E-state index contributed by atoms with van der Waals surface area (Å²) in [6.07, 6.45) is 0. The van der Waals surface area contributed by atoms with Crippen molar-refractivity contribution in [3.8, 4) is 5.69 Å². The Morgan fingerprint density at radius 3 is 2.71 bits per heavy atom. The number of rotatable bonds is 4. The Morgan fingerprint density at radius 2 is 1.95 bits per heavy atom. The number of nitrogen functional groups attached to an aromatic ring is 1. The highest BCUT2D eigenvalue weighted by atomic mass is 79.9. The summed E-state index contributed by atoms with van der Waals surface area (Å²) in [7, 11) is 0. The summed E-state index contributed by atoms with van der Waals surface area (Å²) < 4.78 is 2.73. The Labute approximate surface area is 134 Å². The number of para-hydroxylation sites is 1. The smallest absolute Gasteiger partial charge is 0.166 e. The lowest BCUT2D eigenvalue weighted by molar-refractivity contribution is 0.777. The molecule has 5 nitrogen and oxygen atoms in total. The van der Waals surface area contributed by atoms with Gasteiger partial charge in [-0.1, -0.05) is 18.2 Å². The van der Waals surface area contributed by atoms with E-state index >= 15 is 0 Å². The summed E-state index contributed by atoms with van der Waals surface area (Å²) in [6, 6.07) is 15.6. The fourth-order valence-corrected chi connectivity index (χ4v) is 3.41. The van der Waals surface area contributed by atoms with Crippen LogP contribution in [0, 0.1) is 0 Å². The predicted octanol–water partition coefficient (Wildman–Crippen LogP) is 3.30. The topological polar surface area (TPSA) is 69.6 Å². The van der Waals surface area contributed by atoms with E-state index in [1.165, 1.54) is 0 Å². The summed E-state index contributed by atoms with van der Waals surface area (Å²) in [5.41, 5.74) is 7.43. The molecule has 7 heteroatoms. The first kappa shape index (κ1) is 14.1. The molecule has 1 heterocycles. The largest absolute Gasteiger partial charge is 0.399 e. The van der Waals surface area contributed by atoms with E-state index in [9.17, 15) is 0 Å². The Balaban J connectivity index is 1.79. The molecule has 0 saturated heterocycles. The van der Waals surface area contributed by atoms with Gasteiger partial charge in [0, 0.05) is 15.1 Å². The number of aromatic nitrogens is 4. The van der Waals surface area contributed by atoms with Gasteiger partial charge in [-0.05, 0) is 56.7 Å². The Bertz CT molecular complexity index is 744.